The number of carbonyl (C=O) groups excluding carboxylic acids is 3. The normalized spacial score (nSPS) is 19.7. The third-order valence-electron chi connectivity index (χ3n) is 6.94. The van der Waals surface area contributed by atoms with Crippen LogP contribution in [0.3, 0.4) is 0 Å². The lowest BCUT2D eigenvalue weighted by Crippen LogP contribution is -2.46. The molecule has 174 valence electrons. The Balaban J connectivity index is 1.39. The summed E-state index contributed by atoms with van der Waals surface area (Å²) < 4.78 is 0. The molecular weight excluding hydrogens is 414 g/mol. The Kier molecular flexibility index (Phi) is 6.82. The number of amides is 3. The van der Waals surface area contributed by atoms with Gasteiger partial charge in [0.1, 0.15) is 0 Å². The minimum Gasteiger partial charge on any atom is -0.347 e. The lowest BCUT2D eigenvalue weighted by Gasteiger charge is -2.32. The van der Waals surface area contributed by atoms with Crippen LogP contribution in [0.5, 0.6) is 0 Å². The molecule has 3 amide bonds. The minimum absolute atomic E-state index is 0.0372. The van der Waals surface area contributed by atoms with Crippen LogP contribution in [0.25, 0.3) is 0 Å². The number of nitrogens with zero attached hydrogens (tertiary/aromatic N) is 1. The molecule has 2 atom stereocenters. The summed E-state index contributed by atoms with van der Waals surface area (Å²) in [7, 11) is 0. The molecule has 1 heterocycles. The highest BCUT2D eigenvalue weighted by Gasteiger charge is 2.39. The van der Waals surface area contributed by atoms with Crippen molar-refractivity contribution in [3.63, 3.8) is 0 Å². The van der Waals surface area contributed by atoms with Crippen LogP contribution in [-0.2, 0) is 20.8 Å². The smallest absolute Gasteiger partial charge is 0.243 e. The summed E-state index contributed by atoms with van der Waals surface area (Å²) in [4.78, 5) is 40.9. The first-order chi connectivity index (χ1) is 15.8. The predicted molar refractivity (Wildman–Crippen MR) is 130 cm³/mol. The first kappa shape index (κ1) is 23.0. The maximum Gasteiger partial charge on any atom is 0.243 e. The van der Waals surface area contributed by atoms with Crippen LogP contribution in [0, 0.1) is 32.6 Å². The van der Waals surface area contributed by atoms with E-state index in [1.807, 2.05) is 56.0 Å². The van der Waals surface area contributed by atoms with E-state index in [0.29, 0.717) is 19.4 Å². The van der Waals surface area contributed by atoms with E-state index >= 15 is 0 Å². The van der Waals surface area contributed by atoms with Crippen molar-refractivity contribution < 1.29 is 14.4 Å². The summed E-state index contributed by atoms with van der Waals surface area (Å²) >= 11 is 0. The molecule has 2 aromatic carbocycles. The van der Waals surface area contributed by atoms with Gasteiger partial charge in [-0.1, -0.05) is 48.7 Å². The number of hydrogen-bond acceptors (Lipinski definition) is 3. The second kappa shape index (κ2) is 9.77. The van der Waals surface area contributed by atoms with E-state index in [1.165, 1.54) is 5.56 Å². The maximum absolute atomic E-state index is 13.4. The molecule has 0 bridgehead atoms. The van der Waals surface area contributed by atoms with Crippen molar-refractivity contribution in [1.82, 2.24) is 5.32 Å². The zero-order valence-electron chi connectivity index (χ0n) is 19.7. The molecule has 0 spiro atoms. The van der Waals surface area contributed by atoms with Crippen LogP contribution in [-0.4, -0.2) is 30.8 Å². The maximum atomic E-state index is 13.4. The van der Waals surface area contributed by atoms with Crippen molar-refractivity contribution in [3.8, 4) is 0 Å². The number of anilines is 2. The van der Waals surface area contributed by atoms with Crippen LogP contribution in [0.4, 0.5) is 11.4 Å². The van der Waals surface area contributed by atoms with E-state index in [-0.39, 0.29) is 30.2 Å². The molecule has 0 saturated heterocycles. The van der Waals surface area contributed by atoms with Crippen molar-refractivity contribution in [2.45, 2.75) is 52.9 Å². The zero-order chi connectivity index (χ0) is 23.5. The molecule has 1 saturated carbocycles. The van der Waals surface area contributed by atoms with Crippen LogP contribution < -0.4 is 15.5 Å². The fourth-order valence-corrected chi connectivity index (χ4v) is 5.37. The second-order valence-corrected chi connectivity index (χ2v) is 9.41. The number of nitrogens with one attached hydrogen (secondary N) is 2. The second-order valence-electron chi connectivity index (χ2n) is 9.41. The Hall–Kier alpha value is -3.15. The van der Waals surface area contributed by atoms with Crippen molar-refractivity contribution in [2.75, 3.05) is 23.3 Å². The van der Waals surface area contributed by atoms with Gasteiger partial charge in [0, 0.05) is 23.8 Å². The fourth-order valence-electron chi connectivity index (χ4n) is 5.37. The highest BCUT2D eigenvalue weighted by atomic mass is 16.2. The summed E-state index contributed by atoms with van der Waals surface area (Å²) in [6, 6.07) is 12.0. The molecule has 6 heteroatoms. The van der Waals surface area contributed by atoms with E-state index < -0.39 is 5.92 Å². The van der Waals surface area contributed by atoms with Gasteiger partial charge in [0.2, 0.25) is 17.7 Å². The molecule has 2 aliphatic rings. The van der Waals surface area contributed by atoms with Gasteiger partial charge < -0.3 is 15.5 Å². The summed E-state index contributed by atoms with van der Waals surface area (Å²) in [6.07, 6.45) is 4.11. The fraction of sp³-hybridized carbons (Fsp3) is 0.444. The zero-order valence-corrected chi connectivity index (χ0v) is 19.7. The van der Waals surface area contributed by atoms with Crippen LogP contribution in [0.15, 0.2) is 36.4 Å². The highest BCUT2D eigenvalue weighted by molar-refractivity contribution is 6.00. The third kappa shape index (κ3) is 4.95. The average molecular weight is 448 g/mol. The Labute approximate surface area is 195 Å². The molecule has 1 aliphatic carbocycles. The Morgan fingerprint density at radius 2 is 1.64 bits per heavy atom. The first-order valence-electron chi connectivity index (χ1n) is 11.9. The molecule has 1 fully saturated rings. The molecule has 4 rings (SSSR count). The lowest BCUT2D eigenvalue weighted by molar-refractivity contribution is -0.135. The SMILES string of the molecule is Cc1cc(C)c(NC(=O)CNC(=O)[C@@H]2CCCC[C@H]2C(=O)N2CCc3ccccc32)c(C)c1. The van der Waals surface area contributed by atoms with Crippen molar-refractivity contribution in [2.24, 2.45) is 11.8 Å². The molecular formula is C27H33N3O3. The van der Waals surface area contributed by atoms with Crippen molar-refractivity contribution in [1.29, 1.82) is 0 Å². The third-order valence-corrected chi connectivity index (χ3v) is 6.94. The Morgan fingerprint density at radius 3 is 2.36 bits per heavy atom. The number of fused-ring (bicyclic) bond motifs is 1. The molecule has 0 radical (unpaired) electrons. The summed E-state index contributed by atoms with van der Waals surface area (Å²) in [5, 5.41) is 5.72. The number of rotatable bonds is 5. The lowest BCUT2D eigenvalue weighted by atomic mass is 9.77. The van der Waals surface area contributed by atoms with Gasteiger partial charge in [-0.2, -0.15) is 0 Å². The standard InChI is InChI=1S/C27H33N3O3/c1-17-14-18(2)25(19(3)15-17)29-24(31)16-28-26(32)21-9-5-6-10-22(21)27(33)30-13-12-20-8-4-7-11-23(20)30/h4,7-8,11,14-15,21-22H,5-6,9-10,12-13,16H2,1-3H3,(H,28,32)(H,29,31)/t21-,22-/m1/s1. The topological polar surface area (TPSA) is 78.5 Å². The predicted octanol–water partition coefficient (Wildman–Crippen LogP) is 4.06. The van der Waals surface area contributed by atoms with E-state index in [2.05, 4.69) is 16.7 Å². The van der Waals surface area contributed by atoms with E-state index in [4.69, 9.17) is 0 Å². The van der Waals surface area contributed by atoms with Crippen molar-refractivity contribution >= 4 is 29.1 Å². The summed E-state index contributed by atoms with van der Waals surface area (Å²) in [6.45, 7) is 6.51. The van der Waals surface area contributed by atoms with Crippen LogP contribution in [0.2, 0.25) is 0 Å². The van der Waals surface area contributed by atoms with Gasteiger partial charge in [0.25, 0.3) is 0 Å². The minimum atomic E-state index is -0.394. The van der Waals surface area contributed by atoms with E-state index in [1.54, 1.807) is 0 Å². The van der Waals surface area contributed by atoms with E-state index in [9.17, 15) is 14.4 Å². The number of hydrogen-bond donors (Lipinski definition) is 2. The summed E-state index contributed by atoms with van der Waals surface area (Å²) in [5.41, 5.74) is 6.08. The van der Waals surface area contributed by atoms with Gasteiger partial charge in [0.15, 0.2) is 0 Å². The van der Waals surface area contributed by atoms with Crippen LogP contribution in [0.1, 0.15) is 47.9 Å². The van der Waals surface area contributed by atoms with Gasteiger partial charge in [-0.3, -0.25) is 14.4 Å². The number of carbonyl (C=O) groups is 3. The van der Waals surface area contributed by atoms with Gasteiger partial charge in [0.05, 0.1) is 12.5 Å². The van der Waals surface area contributed by atoms with Crippen LogP contribution >= 0.6 is 0 Å². The molecule has 1 aliphatic heterocycles. The van der Waals surface area contributed by atoms with Gasteiger partial charge in [-0.25, -0.2) is 0 Å². The Morgan fingerprint density at radius 1 is 0.970 bits per heavy atom. The number of benzene rings is 2. The quantitative estimate of drug-likeness (QED) is 0.726. The Bertz CT molecular complexity index is 1060. The summed E-state index contributed by atoms with van der Waals surface area (Å²) in [5.74, 6) is -1.15. The number of para-hydroxylation sites is 1. The van der Waals surface area contributed by atoms with Gasteiger partial charge in [-0.05, 0) is 62.8 Å². The van der Waals surface area contributed by atoms with Gasteiger partial charge >= 0.3 is 0 Å². The largest absolute Gasteiger partial charge is 0.347 e. The molecule has 6 nitrogen and oxygen atoms in total. The average Bonchev–Trinajstić information content (AvgIpc) is 3.23. The molecule has 0 unspecified atom stereocenters. The van der Waals surface area contributed by atoms with Crippen molar-refractivity contribution in [3.05, 3.63) is 58.7 Å². The molecule has 2 aromatic rings. The molecule has 0 aromatic heterocycles. The number of aryl methyl sites for hydroxylation is 3. The van der Waals surface area contributed by atoms with E-state index in [0.717, 1.165) is 47.3 Å². The highest BCUT2D eigenvalue weighted by Crippen LogP contribution is 2.36. The molecule has 33 heavy (non-hydrogen) atoms. The first-order valence-corrected chi connectivity index (χ1v) is 11.9. The monoisotopic (exact) mass is 447 g/mol. The molecule has 2 N–H and O–H groups in total. The van der Waals surface area contributed by atoms with Gasteiger partial charge in [-0.15, -0.1) is 0 Å².